The second-order valence-corrected chi connectivity index (χ2v) is 4.30. The van der Waals surface area contributed by atoms with E-state index in [9.17, 15) is 4.79 Å². The Hall–Kier alpha value is -1.06. The Morgan fingerprint density at radius 1 is 1.50 bits per heavy atom. The topological polar surface area (TPSA) is 29.5 Å². The van der Waals surface area contributed by atoms with Crippen molar-refractivity contribution >= 4 is 17.5 Å². The molecule has 0 radical (unpaired) electrons. The van der Waals surface area contributed by atoms with Crippen LogP contribution in [0.5, 0.6) is 0 Å². The van der Waals surface area contributed by atoms with Gasteiger partial charge in [-0.3, -0.25) is 4.79 Å². The number of rotatable bonds is 2. The van der Waals surface area contributed by atoms with Crippen LogP contribution in [0.2, 0.25) is 5.02 Å². The first-order chi connectivity index (χ1) is 7.66. The van der Waals surface area contributed by atoms with Crippen LogP contribution in [-0.2, 0) is 16.0 Å². The number of amides is 1. The van der Waals surface area contributed by atoms with E-state index in [2.05, 4.69) is 0 Å². The van der Waals surface area contributed by atoms with E-state index in [1.54, 1.807) is 17.0 Å². The van der Waals surface area contributed by atoms with Gasteiger partial charge in [-0.25, -0.2) is 0 Å². The van der Waals surface area contributed by atoms with E-state index in [0.717, 1.165) is 5.56 Å². The van der Waals surface area contributed by atoms with Gasteiger partial charge in [0.2, 0.25) is 5.91 Å². The number of hydrogen-bond donors (Lipinski definition) is 0. The molecule has 2 rings (SSSR count). The van der Waals surface area contributed by atoms with Gasteiger partial charge in [0.1, 0.15) is 6.23 Å². The van der Waals surface area contributed by atoms with Crippen molar-refractivity contribution in [3.05, 3.63) is 34.9 Å². The molecule has 0 saturated carbocycles. The second kappa shape index (κ2) is 4.85. The van der Waals surface area contributed by atoms with Crippen LogP contribution in [0.3, 0.4) is 0 Å². The molecule has 86 valence electrons. The van der Waals surface area contributed by atoms with E-state index in [1.807, 2.05) is 19.1 Å². The molecule has 1 aliphatic heterocycles. The number of hydrogen-bond acceptors (Lipinski definition) is 2. The molecule has 0 aromatic heterocycles. The van der Waals surface area contributed by atoms with E-state index in [1.165, 1.54) is 0 Å². The third-order valence-electron chi connectivity index (χ3n) is 2.72. The molecular weight excluding hydrogens is 226 g/mol. The quantitative estimate of drug-likeness (QED) is 0.791. The van der Waals surface area contributed by atoms with Crippen LogP contribution in [0.15, 0.2) is 24.3 Å². The van der Waals surface area contributed by atoms with Crippen LogP contribution in [0.4, 0.5) is 0 Å². The minimum absolute atomic E-state index is 0.0974. The van der Waals surface area contributed by atoms with Crippen molar-refractivity contribution in [1.82, 2.24) is 4.90 Å². The average Bonchev–Trinajstić information content (AvgIpc) is 2.68. The summed E-state index contributed by atoms with van der Waals surface area (Å²) in [5.74, 6) is 0.104. The molecule has 1 amide bonds. The fourth-order valence-corrected chi connectivity index (χ4v) is 1.93. The van der Waals surface area contributed by atoms with Crippen molar-refractivity contribution < 1.29 is 9.53 Å². The lowest BCUT2D eigenvalue weighted by Gasteiger charge is -2.19. The first kappa shape index (κ1) is 11.4. The second-order valence-electron chi connectivity index (χ2n) is 3.86. The molecule has 1 aromatic rings. The van der Waals surface area contributed by atoms with Gasteiger partial charge >= 0.3 is 0 Å². The molecular formula is C12H14ClNO2. The summed E-state index contributed by atoms with van der Waals surface area (Å²) in [6.07, 6.45) is 0.310. The van der Waals surface area contributed by atoms with Gasteiger partial charge < -0.3 is 9.64 Å². The molecule has 1 aliphatic rings. The first-order valence-corrected chi connectivity index (χ1v) is 5.70. The monoisotopic (exact) mass is 239 g/mol. The van der Waals surface area contributed by atoms with Crippen LogP contribution in [-0.4, -0.2) is 30.2 Å². The summed E-state index contributed by atoms with van der Waals surface area (Å²) in [6.45, 7) is 3.22. The van der Waals surface area contributed by atoms with E-state index < -0.39 is 0 Å². The highest BCUT2D eigenvalue weighted by atomic mass is 35.5. The Labute approximate surface area is 100.0 Å². The molecule has 1 heterocycles. The van der Waals surface area contributed by atoms with E-state index >= 15 is 0 Å². The number of nitrogens with zero attached hydrogens (tertiary/aromatic N) is 1. The lowest BCUT2D eigenvalue weighted by atomic mass is 10.1. The molecule has 3 nitrogen and oxygen atoms in total. The van der Waals surface area contributed by atoms with Crippen molar-refractivity contribution in [3.63, 3.8) is 0 Å². The SMILES string of the molecule is CC1OCCN1C(=O)Cc1ccc(Cl)cc1. The Bertz CT molecular complexity index is 377. The molecule has 16 heavy (non-hydrogen) atoms. The highest BCUT2D eigenvalue weighted by Crippen LogP contribution is 2.14. The van der Waals surface area contributed by atoms with E-state index in [-0.39, 0.29) is 12.1 Å². The fourth-order valence-electron chi connectivity index (χ4n) is 1.80. The fraction of sp³-hybridized carbons (Fsp3) is 0.417. The summed E-state index contributed by atoms with van der Waals surface area (Å²) in [5.41, 5.74) is 0.980. The zero-order chi connectivity index (χ0) is 11.5. The number of carbonyl (C=O) groups excluding carboxylic acids is 1. The van der Waals surface area contributed by atoms with Crippen LogP contribution in [0.1, 0.15) is 12.5 Å². The Morgan fingerprint density at radius 2 is 2.19 bits per heavy atom. The van der Waals surface area contributed by atoms with Crippen LogP contribution in [0.25, 0.3) is 0 Å². The highest BCUT2D eigenvalue weighted by Gasteiger charge is 2.25. The summed E-state index contributed by atoms with van der Waals surface area (Å²) in [6, 6.07) is 7.35. The molecule has 1 saturated heterocycles. The van der Waals surface area contributed by atoms with Crippen molar-refractivity contribution in [2.45, 2.75) is 19.6 Å². The minimum atomic E-state index is -0.0974. The Morgan fingerprint density at radius 3 is 2.75 bits per heavy atom. The van der Waals surface area contributed by atoms with Gasteiger partial charge in [0.15, 0.2) is 0 Å². The van der Waals surface area contributed by atoms with Crippen molar-refractivity contribution in [2.24, 2.45) is 0 Å². The maximum atomic E-state index is 11.9. The summed E-state index contributed by atoms with van der Waals surface area (Å²) in [4.78, 5) is 13.7. The molecule has 1 unspecified atom stereocenters. The number of carbonyl (C=O) groups is 1. The van der Waals surface area contributed by atoms with Crippen molar-refractivity contribution in [2.75, 3.05) is 13.2 Å². The molecule has 1 fully saturated rings. The van der Waals surface area contributed by atoms with Gasteiger partial charge in [-0.2, -0.15) is 0 Å². The summed E-state index contributed by atoms with van der Waals surface area (Å²) >= 11 is 5.78. The third kappa shape index (κ3) is 2.54. The number of ether oxygens (including phenoxy) is 1. The van der Waals surface area contributed by atoms with Gasteiger partial charge in [0, 0.05) is 11.6 Å². The van der Waals surface area contributed by atoms with Crippen molar-refractivity contribution in [3.8, 4) is 0 Å². The third-order valence-corrected chi connectivity index (χ3v) is 2.97. The largest absolute Gasteiger partial charge is 0.357 e. The summed E-state index contributed by atoms with van der Waals surface area (Å²) in [5, 5.41) is 0.689. The van der Waals surface area contributed by atoms with Crippen LogP contribution >= 0.6 is 11.6 Å². The maximum Gasteiger partial charge on any atom is 0.229 e. The molecule has 4 heteroatoms. The minimum Gasteiger partial charge on any atom is -0.357 e. The van der Waals surface area contributed by atoms with E-state index in [4.69, 9.17) is 16.3 Å². The van der Waals surface area contributed by atoms with E-state index in [0.29, 0.717) is 24.6 Å². The highest BCUT2D eigenvalue weighted by molar-refractivity contribution is 6.30. The number of benzene rings is 1. The zero-order valence-electron chi connectivity index (χ0n) is 9.15. The average molecular weight is 240 g/mol. The normalized spacial score (nSPS) is 20.1. The first-order valence-electron chi connectivity index (χ1n) is 5.32. The summed E-state index contributed by atoms with van der Waals surface area (Å²) in [7, 11) is 0. The smallest absolute Gasteiger partial charge is 0.229 e. The summed E-state index contributed by atoms with van der Waals surface area (Å²) < 4.78 is 5.33. The van der Waals surface area contributed by atoms with Gasteiger partial charge in [0.05, 0.1) is 13.0 Å². The molecule has 1 aromatic carbocycles. The molecule has 0 bridgehead atoms. The van der Waals surface area contributed by atoms with Crippen LogP contribution in [0, 0.1) is 0 Å². The van der Waals surface area contributed by atoms with Gasteiger partial charge in [-0.15, -0.1) is 0 Å². The predicted molar refractivity (Wildman–Crippen MR) is 62.3 cm³/mol. The van der Waals surface area contributed by atoms with Crippen LogP contribution < -0.4 is 0 Å². The lowest BCUT2D eigenvalue weighted by molar-refractivity contribution is -0.134. The van der Waals surface area contributed by atoms with Gasteiger partial charge in [-0.05, 0) is 24.6 Å². The number of halogens is 1. The molecule has 0 spiro atoms. The lowest BCUT2D eigenvalue weighted by Crippen LogP contribution is -2.35. The predicted octanol–water partition coefficient (Wildman–Crippen LogP) is 2.09. The standard InChI is InChI=1S/C12H14ClNO2/c1-9-14(6-7-16-9)12(15)8-10-2-4-11(13)5-3-10/h2-5,9H,6-8H2,1H3. The Balaban J connectivity index is 1.99. The van der Waals surface area contributed by atoms with Gasteiger partial charge in [-0.1, -0.05) is 23.7 Å². The maximum absolute atomic E-state index is 11.9. The van der Waals surface area contributed by atoms with Gasteiger partial charge in [0.25, 0.3) is 0 Å². The molecule has 0 N–H and O–H groups in total. The molecule has 1 atom stereocenters. The van der Waals surface area contributed by atoms with Crippen molar-refractivity contribution in [1.29, 1.82) is 0 Å². The molecule has 0 aliphatic carbocycles. The Kier molecular flexibility index (Phi) is 3.46. The zero-order valence-corrected chi connectivity index (χ0v) is 9.91.